The molecular formula is C19H31N7. The van der Waals surface area contributed by atoms with E-state index in [-0.39, 0.29) is 0 Å². The molecule has 1 atom stereocenters. The SMILES string of the molecule is CCN(CC)CC1CCN(C(=NC)NCCc2nnc3ccccn23)C1. The molecule has 1 aliphatic heterocycles. The molecule has 1 saturated heterocycles. The summed E-state index contributed by atoms with van der Waals surface area (Å²) < 4.78 is 2.04. The molecule has 1 N–H and O–H groups in total. The Morgan fingerprint density at radius 2 is 2.15 bits per heavy atom. The van der Waals surface area contributed by atoms with Crippen LogP contribution in [0.2, 0.25) is 0 Å². The van der Waals surface area contributed by atoms with Crippen LogP contribution in [0.4, 0.5) is 0 Å². The number of hydrogen-bond acceptors (Lipinski definition) is 4. The molecule has 1 unspecified atom stereocenters. The fourth-order valence-electron chi connectivity index (χ4n) is 3.70. The standard InChI is InChI=1S/C19H31N7/c1-4-24(5-2)14-16-10-13-25(15-16)19(20-3)21-11-9-18-23-22-17-8-6-7-12-26(17)18/h6-8,12,16H,4-5,9-11,13-15H2,1-3H3,(H,20,21). The van der Waals surface area contributed by atoms with Crippen LogP contribution in [-0.4, -0.2) is 76.7 Å². The Labute approximate surface area is 156 Å². The number of rotatable bonds is 7. The second-order valence-corrected chi connectivity index (χ2v) is 6.86. The van der Waals surface area contributed by atoms with Gasteiger partial charge in [0.15, 0.2) is 11.6 Å². The minimum absolute atomic E-state index is 0.730. The summed E-state index contributed by atoms with van der Waals surface area (Å²) in [4.78, 5) is 9.38. The molecule has 0 radical (unpaired) electrons. The average molecular weight is 358 g/mol. The van der Waals surface area contributed by atoms with Gasteiger partial charge in [0.2, 0.25) is 0 Å². The Bertz CT molecular complexity index is 720. The van der Waals surface area contributed by atoms with Crippen molar-refractivity contribution in [3.8, 4) is 0 Å². The van der Waals surface area contributed by atoms with E-state index in [0.717, 1.165) is 62.5 Å². The third-order valence-electron chi connectivity index (χ3n) is 5.22. The number of likely N-dealkylation sites (tertiary alicyclic amines) is 1. The molecule has 3 heterocycles. The van der Waals surface area contributed by atoms with Gasteiger partial charge in [-0.2, -0.15) is 0 Å². The van der Waals surface area contributed by atoms with Crippen molar-refractivity contribution >= 4 is 11.6 Å². The predicted octanol–water partition coefficient (Wildman–Crippen LogP) is 1.51. The van der Waals surface area contributed by atoms with Gasteiger partial charge in [-0.05, 0) is 37.6 Å². The molecular weight excluding hydrogens is 326 g/mol. The number of guanidine groups is 1. The molecule has 2 aromatic heterocycles. The smallest absolute Gasteiger partial charge is 0.193 e. The fourth-order valence-corrected chi connectivity index (χ4v) is 3.70. The van der Waals surface area contributed by atoms with Gasteiger partial charge in [0, 0.05) is 45.8 Å². The summed E-state index contributed by atoms with van der Waals surface area (Å²) in [5.41, 5.74) is 0.894. The van der Waals surface area contributed by atoms with E-state index in [1.807, 2.05) is 35.8 Å². The number of fused-ring (bicyclic) bond motifs is 1. The zero-order chi connectivity index (χ0) is 18.4. The molecule has 0 bridgehead atoms. The highest BCUT2D eigenvalue weighted by Crippen LogP contribution is 2.17. The predicted molar refractivity (Wildman–Crippen MR) is 106 cm³/mol. The third-order valence-corrected chi connectivity index (χ3v) is 5.22. The summed E-state index contributed by atoms with van der Waals surface area (Å²) in [6.45, 7) is 10.9. The van der Waals surface area contributed by atoms with E-state index < -0.39 is 0 Å². The summed E-state index contributed by atoms with van der Waals surface area (Å²) >= 11 is 0. The molecule has 0 spiro atoms. The lowest BCUT2D eigenvalue weighted by Crippen LogP contribution is -2.41. The van der Waals surface area contributed by atoms with E-state index in [2.05, 4.69) is 44.2 Å². The van der Waals surface area contributed by atoms with Crippen molar-refractivity contribution < 1.29 is 0 Å². The van der Waals surface area contributed by atoms with Gasteiger partial charge in [0.1, 0.15) is 5.82 Å². The van der Waals surface area contributed by atoms with Crippen LogP contribution in [0.25, 0.3) is 5.65 Å². The van der Waals surface area contributed by atoms with Crippen molar-refractivity contribution in [1.82, 2.24) is 29.7 Å². The lowest BCUT2D eigenvalue weighted by Gasteiger charge is -2.24. The van der Waals surface area contributed by atoms with Gasteiger partial charge in [0.05, 0.1) is 0 Å². The maximum Gasteiger partial charge on any atom is 0.193 e. The molecule has 2 aromatic rings. The number of aliphatic imine (C=N–C) groups is 1. The van der Waals surface area contributed by atoms with E-state index in [0.29, 0.717) is 0 Å². The average Bonchev–Trinajstić information content (AvgIpc) is 3.30. The van der Waals surface area contributed by atoms with Crippen molar-refractivity contribution in [2.75, 3.05) is 46.3 Å². The second kappa shape index (κ2) is 8.98. The van der Waals surface area contributed by atoms with Gasteiger partial charge in [-0.25, -0.2) is 0 Å². The van der Waals surface area contributed by atoms with E-state index in [1.54, 1.807) is 0 Å². The summed E-state index contributed by atoms with van der Waals surface area (Å²) in [5.74, 6) is 2.71. The highest BCUT2D eigenvalue weighted by molar-refractivity contribution is 5.80. The van der Waals surface area contributed by atoms with Gasteiger partial charge < -0.3 is 15.1 Å². The highest BCUT2D eigenvalue weighted by atomic mass is 15.3. The summed E-state index contributed by atoms with van der Waals surface area (Å²) in [5, 5.41) is 12.0. The Hall–Kier alpha value is -2.15. The molecule has 1 aliphatic rings. The zero-order valence-corrected chi connectivity index (χ0v) is 16.2. The van der Waals surface area contributed by atoms with Crippen molar-refractivity contribution in [1.29, 1.82) is 0 Å². The first-order valence-electron chi connectivity index (χ1n) is 9.71. The first-order chi connectivity index (χ1) is 12.7. The molecule has 0 aromatic carbocycles. The van der Waals surface area contributed by atoms with Crippen molar-refractivity contribution in [2.45, 2.75) is 26.7 Å². The van der Waals surface area contributed by atoms with E-state index in [9.17, 15) is 0 Å². The largest absolute Gasteiger partial charge is 0.356 e. The Kier molecular flexibility index (Phi) is 6.44. The number of nitrogens with zero attached hydrogens (tertiary/aromatic N) is 6. The molecule has 142 valence electrons. The number of pyridine rings is 1. The quantitative estimate of drug-likeness (QED) is 0.601. The second-order valence-electron chi connectivity index (χ2n) is 6.86. The van der Waals surface area contributed by atoms with Gasteiger partial charge in [-0.15, -0.1) is 10.2 Å². The topological polar surface area (TPSA) is 61.1 Å². The van der Waals surface area contributed by atoms with Gasteiger partial charge in [-0.1, -0.05) is 19.9 Å². The highest BCUT2D eigenvalue weighted by Gasteiger charge is 2.25. The van der Waals surface area contributed by atoms with Crippen LogP contribution in [-0.2, 0) is 6.42 Å². The molecule has 1 fully saturated rings. The normalized spacial score (nSPS) is 18.2. The minimum atomic E-state index is 0.730. The van der Waals surface area contributed by atoms with Crippen LogP contribution in [0, 0.1) is 5.92 Å². The number of hydrogen-bond donors (Lipinski definition) is 1. The Balaban J connectivity index is 1.49. The molecule has 0 aliphatic carbocycles. The van der Waals surface area contributed by atoms with Crippen LogP contribution in [0.1, 0.15) is 26.1 Å². The lowest BCUT2D eigenvalue weighted by molar-refractivity contribution is 0.255. The first-order valence-corrected chi connectivity index (χ1v) is 9.71. The van der Waals surface area contributed by atoms with Gasteiger partial charge in [0.25, 0.3) is 0 Å². The summed E-state index contributed by atoms with van der Waals surface area (Å²) in [7, 11) is 1.87. The number of nitrogens with one attached hydrogen (secondary N) is 1. The molecule has 3 rings (SSSR count). The van der Waals surface area contributed by atoms with Crippen molar-refractivity contribution in [3.05, 3.63) is 30.2 Å². The summed E-state index contributed by atoms with van der Waals surface area (Å²) in [6, 6.07) is 5.96. The van der Waals surface area contributed by atoms with E-state index in [4.69, 9.17) is 0 Å². The third kappa shape index (κ3) is 4.33. The molecule has 7 nitrogen and oxygen atoms in total. The van der Waals surface area contributed by atoms with Crippen LogP contribution >= 0.6 is 0 Å². The van der Waals surface area contributed by atoms with Crippen molar-refractivity contribution in [3.63, 3.8) is 0 Å². The zero-order valence-electron chi connectivity index (χ0n) is 16.2. The summed E-state index contributed by atoms with van der Waals surface area (Å²) in [6.07, 6.45) is 4.07. The van der Waals surface area contributed by atoms with E-state index in [1.165, 1.54) is 13.0 Å². The lowest BCUT2D eigenvalue weighted by atomic mass is 10.1. The van der Waals surface area contributed by atoms with Gasteiger partial charge in [-0.3, -0.25) is 9.39 Å². The molecule has 26 heavy (non-hydrogen) atoms. The van der Waals surface area contributed by atoms with E-state index >= 15 is 0 Å². The van der Waals surface area contributed by atoms with Crippen LogP contribution in [0.3, 0.4) is 0 Å². The monoisotopic (exact) mass is 357 g/mol. The molecule has 0 amide bonds. The van der Waals surface area contributed by atoms with Crippen molar-refractivity contribution in [2.24, 2.45) is 10.9 Å². The van der Waals surface area contributed by atoms with Gasteiger partial charge >= 0.3 is 0 Å². The minimum Gasteiger partial charge on any atom is -0.356 e. The van der Waals surface area contributed by atoms with Crippen LogP contribution in [0.5, 0.6) is 0 Å². The molecule has 7 heteroatoms. The van der Waals surface area contributed by atoms with Crippen LogP contribution in [0.15, 0.2) is 29.4 Å². The fraction of sp³-hybridized carbons (Fsp3) is 0.632. The Morgan fingerprint density at radius 1 is 1.31 bits per heavy atom. The Morgan fingerprint density at radius 3 is 2.92 bits per heavy atom. The maximum absolute atomic E-state index is 4.48. The maximum atomic E-state index is 4.48. The number of aromatic nitrogens is 3. The first kappa shape index (κ1) is 18.6. The molecule has 0 saturated carbocycles. The van der Waals surface area contributed by atoms with Crippen LogP contribution < -0.4 is 5.32 Å².